The molecular weight excluding hydrogens is 294 g/mol. The highest BCUT2D eigenvalue weighted by atomic mass is 32.2. The maximum atomic E-state index is 12.3. The lowest BCUT2D eigenvalue weighted by Gasteiger charge is -2.11. The Labute approximate surface area is 124 Å². The highest BCUT2D eigenvalue weighted by Gasteiger charge is 2.29. The molecule has 21 heavy (non-hydrogen) atoms. The molecule has 0 fully saturated rings. The molecule has 1 aromatic carbocycles. The summed E-state index contributed by atoms with van der Waals surface area (Å²) in [7, 11) is -3.91. The quantitative estimate of drug-likeness (QED) is 0.430. The summed E-state index contributed by atoms with van der Waals surface area (Å²) in [5.74, 6) is 0. The van der Waals surface area contributed by atoms with Crippen LogP contribution in [0.15, 0.2) is 17.0 Å². The van der Waals surface area contributed by atoms with Crippen molar-refractivity contribution >= 4 is 15.7 Å². The van der Waals surface area contributed by atoms with E-state index >= 15 is 0 Å². The highest BCUT2D eigenvalue weighted by molar-refractivity contribution is 7.89. The van der Waals surface area contributed by atoms with Gasteiger partial charge in [0.25, 0.3) is 5.69 Å². The summed E-state index contributed by atoms with van der Waals surface area (Å²) in [6.45, 7) is 6.55. The lowest BCUT2D eigenvalue weighted by atomic mass is 10.1. The van der Waals surface area contributed by atoms with Gasteiger partial charge in [0.15, 0.2) is 4.90 Å². The van der Waals surface area contributed by atoms with Gasteiger partial charge in [-0.3, -0.25) is 10.1 Å². The van der Waals surface area contributed by atoms with Gasteiger partial charge in [0, 0.05) is 18.7 Å². The zero-order valence-corrected chi connectivity index (χ0v) is 13.3. The van der Waals surface area contributed by atoms with Crippen LogP contribution >= 0.6 is 0 Å². The zero-order chi connectivity index (χ0) is 16.0. The number of benzene rings is 1. The average molecular weight is 315 g/mol. The molecule has 2 N–H and O–H groups in total. The van der Waals surface area contributed by atoms with Crippen molar-refractivity contribution in [2.24, 2.45) is 0 Å². The molecule has 0 saturated carbocycles. The number of nitrogens with one attached hydrogen (secondary N) is 2. The highest BCUT2D eigenvalue weighted by Crippen LogP contribution is 2.30. The average Bonchev–Trinajstić information content (AvgIpc) is 2.40. The number of hydrogen-bond donors (Lipinski definition) is 2. The van der Waals surface area contributed by atoms with Gasteiger partial charge in [-0.05, 0) is 32.4 Å². The molecule has 0 spiro atoms. The molecule has 0 saturated heterocycles. The number of nitrogens with zero attached hydrogens (tertiary/aromatic N) is 1. The van der Waals surface area contributed by atoms with Crippen molar-refractivity contribution in [3.63, 3.8) is 0 Å². The van der Waals surface area contributed by atoms with Crippen molar-refractivity contribution in [3.05, 3.63) is 33.4 Å². The Morgan fingerprint density at radius 1 is 1.14 bits per heavy atom. The van der Waals surface area contributed by atoms with E-state index < -0.39 is 14.9 Å². The standard InChI is InChI=1S/C13H21N3O4S/c1-4-7-14-8-9-15-21(19,20)13-11(3)6-5-10(2)12(13)16(17)18/h5-6,14-15H,4,7-9H2,1-3H3. The Bertz CT molecular complexity index is 614. The van der Waals surface area contributed by atoms with E-state index in [1.54, 1.807) is 19.1 Å². The van der Waals surface area contributed by atoms with Crippen LogP contribution in [-0.4, -0.2) is 33.0 Å². The molecule has 0 bridgehead atoms. The Hall–Kier alpha value is -1.51. The molecule has 7 nitrogen and oxygen atoms in total. The van der Waals surface area contributed by atoms with Gasteiger partial charge in [-0.15, -0.1) is 0 Å². The third-order valence-corrected chi connectivity index (χ3v) is 4.64. The first-order valence-electron chi connectivity index (χ1n) is 6.76. The monoisotopic (exact) mass is 315 g/mol. The van der Waals surface area contributed by atoms with Gasteiger partial charge in [-0.2, -0.15) is 0 Å². The molecule has 0 heterocycles. The predicted molar refractivity (Wildman–Crippen MR) is 80.9 cm³/mol. The fourth-order valence-corrected chi connectivity index (χ4v) is 3.48. The first-order chi connectivity index (χ1) is 9.81. The number of hydrogen-bond acceptors (Lipinski definition) is 5. The second-order valence-corrected chi connectivity index (χ2v) is 6.49. The van der Waals surface area contributed by atoms with E-state index in [0.717, 1.165) is 13.0 Å². The summed E-state index contributed by atoms with van der Waals surface area (Å²) in [6, 6.07) is 3.13. The van der Waals surface area contributed by atoms with Gasteiger partial charge < -0.3 is 5.32 Å². The molecule has 0 aliphatic carbocycles. The molecule has 8 heteroatoms. The Kier molecular flexibility index (Phi) is 6.25. The molecule has 1 rings (SSSR count). The van der Waals surface area contributed by atoms with Crippen LogP contribution in [0.4, 0.5) is 5.69 Å². The lowest BCUT2D eigenvalue weighted by molar-refractivity contribution is -0.388. The number of aryl methyl sites for hydroxylation is 2. The van der Waals surface area contributed by atoms with Crippen LogP contribution in [0.1, 0.15) is 24.5 Å². The van der Waals surface area contributed by atoms with E-state index in [1.165, 1.54) is 6.92 Å². The number of sulfonamides is 1. The van der Waals surface area contributed by atoms with Crippen molar-refractivity contribution in [1.29, 1.82) is 0 Å². The summed E-state index contributed by atoms with van der Waals surface area (Å²) >= 11 is 0. The van der Waals surface area contributed by atoms with Crippen molar-refractivity contribution < 1.29 is 13.3 Å². The molecule has 0 atom stereocenters. The number of nitro groups is 1. The Morgan fingerprint density at radius 3 is 2.33 bits per heavy atom. The Balaban J connectivity index is 3.03. The molecule has 0 amide bonds. The summed E-state index contributed by atoms with van der Waals surface area (Å²) in [5.41, 5.74) is 0.334. The molecular formula is C13H21N3O4S. The molecule has 1 aromatic rings. The number of rotatable bonds is 8. The third-order valence-electron chi connectivity index (χ3n) is 3.00. The fraction of sp³-hybridized carbons (Fsp3) is 0.538. The maximum Gasteiger partial charge on any atom is 0.292 e. The van der Waals surface area contributed by atoms with Crippen LogP contribution in [0, 0.1) is 24.0 Å². The lowest BCUT2D eigenvalue weighted by Crippen LogP contribution is -2.33. The molecule has 0 aliphatic heterocycles. The van der Waals surface area contributed by atoms with Crippen molar-refractivity contribution in [1.82, 2.24) is 10.0 Å². The maximum absolute atomic E-state index is 12.3. The topological polar surface area (TPSA) is 101 Å². The van der Waals surface area contributed by atoms with Crippen molar-refractivity contribution in [2.45, 2.75) is 32.1 Å². The molecule has 0 unspecified atom stereocenters. The largest absolute Gasteiger partial charge is 0.315 e. The van der Waals surface area contributed by atoms with Gasteiger partial charge in [0.05, 0.1) is 4.92 Å². The van der Waals surface area contributed by atoms with E-state index in [1.807, 2.05) is 6.92 Å². The van der Waals surface area contributed by atoms with Gasteiger partial charge in [0.2, 0.25) is 10.0 Å². The van der Waals surface area contributed by atoms with Crippen LogP contribution in [0.25, 0.3) is 0 Å². The van der Waals surface area contributed by atoms with E-state index in [-0.39, 0.29) is 17.1 Å². The second kappa shape index (κ2) is 7.48. The predicted octanol–water partition coefficient (Wildman–Crippen LogP) is 1.49. The minimum absolute atomic E-state index is 0.187. The zero-order valence-electron chi connectivity index (χ0n) is 12.5. The normalized spacial score (nSPS) is 11.6. The summed E-state index contributed by atoms with van der Waals surface area (Å²) in [4.78, 5) is 10.3. The SMILES string of the molecule is CCCNCCNS(=O)(=O)c1c(C)ccc(C)c1[N+](=O)[O-]. The summed E-state index contributed by atoms with van der Waals surface area (Å²) < 4.78 is 27.0. The van der Waals surface area contributed by atoms with Gasteiger partial charge >= 0.3 is 0 Å². The van der Waals surface area contributed by atoms with Gasteiger partial charge in [0.1, 0.15) is 0 Å². The first kappa shape index (κ1) is 17.5. The Morgan fingerprint density at radius 2 is 1.76 bits per heavy atom. The van der Waals surface area contributed by atoms with Gasteiger partial charge in [-0.25, -0.2) is 13.1 Å². The summed E-state index contributed by atoms with van der Waals surface area (Å²) in [6.07, 6.45) is 0.954. The van der Waals surface area contributed by atoms with Gasteiger partial charge in [-0.1, -0.05) is 19.1 Å². The second-order valence-electron chi connectivity index (χ2n) is 4.78. The fourth-order valence-electron chi connectivity index (χ4n) is 1.98. The molecule has 118 valence electrons. The minimum Gasteiger partial charge on any atom is -0.315 e. The molecule has 0 aliphatic rings. The van der Waals surface area contributed by atoms with Crippen LogP contribution in [0.5, 0.6) is 0 Å². The minimum atomic E-state index is -3.91. The van der Waals surface area contributed by atoms with Crippen molar-refractivity contribution in [2.75, 3.05) is 19.6 Å². The van der Waals surface area contributed by atoms with Crippen LogP contribution in [0.3, 0.4) is 0 Å². The van der Waals surface area contributed by atoms with E-state index in [0.29, 0.717) is 17.7 Å². The molecule has 0 radical (unpaired) electrons. The van der Waals surface area contributed by atoms with Crippen molar-refractivity contribution in [3.8, 4) is 0 Å². The van der Waals surface area contributed by atoms with Crippen LogP contribution in [-0.2, 0) is 10.0 Å². The van der Waals surface area contributed by atoms with E-state index in [4.69, 9.17) is 0 Å². The summed E-state index contributed by atoms with van der Waals surface area (Å²) in [5, 5.41) is 14.2. The molecule has 0 aromatic heterocycles. The first-order valence-corrected chi connectivity index (χ1v) is 8.24. The number of nitro benzene ring substituents is 1. The smallest absolute Gasteiger partial charge is 0.292 e. The third kappa shape index (κ3) is 4.48. The van der Waals surface area contributed by atoms with Crippen LogP contribution < -0.4 is 10.0 Å². The van der Waals surface area contributed by atoms with E-state index in [2.05, 4.69) is 10.0 Å². The van der Waals surface area contributed by atoms with Crippen LogP contribution in [0.2, 0.25) is 0 Å². The van der Waals surface area contributed by atoms with E-state index in [9.17, 15) is 18.5 Å².